The van der Waals surface area contributed by atoms with Crippen molar-refractivity contribution in [3.63, 3.8) is 0 Å². The van der Waals surface area contributed by atoms with Gasteiger partial charge in [-0.15, -0.1) is 0 Å². The number of hydrogen-bond acceptors (Lipinski definition) is 5. The lowest BCUT2D eigenvalue weighted by Crippen LogP contribution is -2.70. The average molecular weight is 354 g/mol. The van der Waals surface area contributed by atoms with Gasteiger partial charge >= 0.3 is 11.9 Å². The number of carbonyl (C=O) groups excluding carboxylic acids is 1. The van der Waals surface area contributed by atoms with Crippen LogP contribution in [0.3, 0.4) is 0 Å². The number of hydrogen-bond donors (Lipinski definition) is 3. The van der Waals surface area contributed by atoms with E-state index in [1.807, 2.05) is 6.92 Å². The van der Waals surface area contributed by atoms with Crippen LogP contribution >= 0.6 is 0 Å². The Labute approximate surface area is 148 Å². The minimum atomic E-state index is -1.61. The Morgan fingerprint density at radius 1 is 1.16 bits per heavy atom. The highest BCUT2D eigenvalue weighted by Gasteiger charge is 2.65. The Balaban J connectivity index is 2.61. The smallest absolute Gasteiger partial charge is 0.327 e. The second-order valence-electron chi connectivity index (χ2n) is 8.75. The quantitative estimate of drug-likeness (QED) is 0.530. The van der Waals surface area contributed by atoms with Gasteiger partial charge < -0.3 is 20.1 Å². The van der Waals surface area contributed by atoms with E-state index in [1.54, 1.807) is 0 Å². The molecule has 25 heavy (non-hydrogen) atoms. The fourth-order valence-electron chi connectivity index (χ4n) is 5.58. The Bertz CT molecular complexity index is 578. The van der Waals surface area contributed by atoms with E-state index in [1.165, 1.54) is 19.9 Å². The third-order valence-electron chi connectivity index (χ3n) is 6.40. The SMILES string of the molecule is CC(=O)O[C@H]1[C@@H](O)[C@](C)(O)[C@@H](/C=C/C(=O)O)[C@@]2(C)CCCC(C)(C)[C@@H]12. The molecule has 0 aromatic heterocycles. The molecule has 2 saturated carbocycles. The summed E-state index contributed by atoms with van der Waals surface area (Å²) in [6.07, 6.45) is 2.99. The molecule has 0 radical (unpaired) electrons. The number of rotatable bonds is 3. The van der Waals surface area contributed by atoms with Crippen LogP contribution < -0.4 is 0 Å². The molecule has 6 nitrogen and oxygen atoms in total. The molecule has 142 valence electrons. The maximum atomic E-state index is 11.6. The lowest BCUT2D eigenvalue weighted by atomic mass is 9.44. The number of esters is 1. The fraction of sp³-hybridized carbons (Fsp3) is 0.789. The van der Waals surface area contributed by atoms with Gasteiger partial charge in [-0.1, -0.05) is 33.3 Å². The molecule has 3 N–H and O–H groups in total. The van der Waals surface area contributed by atoms with Crippen molar-refractivity contribution in [1.82, 2.24) is 0 Å². The van der Waals surface area contributed by atoms with E-state index in [-0.39, 0.29) is 11.3 Å². The Kier molecular flexibility index (Phi) is 5.10. The topological polar surface area (TPSA) is 104 Å². The van der Waals surface area contributed by atoms with Gasteiger partial charge in [-0.25, -0.2) is 4.79 Å². The highest BCUT2D eigenvalue weighted by Crippen LogP contribution is 2.62. The van der Waals surface area contributed by atoms with E-state index in [0.717, 1.165) is 25.3 Å². The van der Waals surface area contributed by atoms with Gasteiger partial charge in [0.1, 0.15) is 12.2 Å². The standard InChI is InChI=1S/C19H30O6/c1-11(20)25-14-15-17(2,3)9-6-10-18(15,4)12(7-8-13(21)22)19(5,24)16(14)23/h7-8,12,14-16,23-24H,6,9-10H2,1-5H3,(H,21,22)/b8-7+/t12-,14+,15+,16+,18+,19+/m0/s1. The van der Waals surface area contributed by atoms with Gasteiger partial charge in [0.05, 0.1) is 5.60 Å². The van der Waals surface area contributed by atoms with Gasteiger partial charge in [0.25, 0.3) is 0 Å². The monoisotopic (exact) mass is 354 g/mol. The maximum Gasteiger partial charge on any atom is 0.327 e. The van der Waals surface area contributed by atoms with Crippen LogP contribution in [-0.2, 0) is 14.3 Å². The summed E-state index contributed by atoms with van der Waals surface area (Å²) in [7, 11) is 0. The molecule has 0 heterocycles. The van der Waals surface area contributed by atoms with E-state index in [9.17, 15) is 19.8 Å². The van der Waals surface area contributed by atoms with Crippen LogP contribution in [-0.4, -0.2) is 45.1 Å². The number of carboxylic acid groups (broad SMARTS) is 1. The summed E-state index contributed by atoms with van der Waals surface area (Å²) in [5, 5.41) is 31.0. The summed E-state index contributed by atoms with van der Waals surface area (Å²) >= 11 is 0. The molecule has 0 aromatic rings. The zero-order valence-electron chi connectivity index (χ0n) is 15.7. The van der Waals surface area contributed by atoms with E-state index in [2.05, 4.69) is 13.8 Å². The summed E-state index contributed by atoms with van der Waals surface area (Å²) in [4.78, 5) is 22.7. The molecule has 2 aliphatic rings. The largest absolute Gasteiger partial charge is 0.478 e. The molecular weight excluding hydrogens is 324 g/mol. The first-order chi connectivity index (χ1) is 11.3. The lowest BCUT2D eigenvalue weighted by molar-refractivity contribution is -0.261. The lowest BCUT2D eigenvalue weighted by Gasteiger charge is -2.63. The van der Waals surface area contributed by atoms with Crippen molar-refractivity contribution in [3.8, 4) is 0 Å². The minimum Gasteiger partial charge on any atom is -0.478 e. The molecule has 0 spiro atoms. The summed E-state index contributed by atoms with van der Waals surface area (Å²) in [5.74, 6) is -2.36. The number of fused-ring (bicyclic) bond motifs is 1. The van der Waals surface area contributed by atoms with Gasteiger partial charge in [-0.2, -0.15) is 0 Å². The van der Waals surface area contributed by atoms with Gasteiger partial charge in [-0.3, -0.25) is 4.79 Å². The number of carboxylic acids is 1. The number of aliphatic hydroxyl groups is 2. The zero-order chi connectivity index (χ0) is 19.2. The van der Waals surface area contributed by atoms with Gasteiger partial charge in [0.15, 0.2) is 0 Å². The molecule has 2 aliphatic carbocycles. The van der Waals surface area contributed by atoms with Gasteiger partial charge in [-0.05, 0) is 30.6 Å². The Morgan fingerprint density at radius 3 is 2.28 bits per heavy atom. The highest BCUT2D eigenvalue weighted by molar-refractivity contribution is 5.79. The van der Waals surface area contributed by atoms with Crippen molar-refractivity contribution in [2.75, 3.05) is 0 Å². The minimum absolute atomic E-state index is 0.198. The Hall–Kier alpha value is -1.40. The van der Waals surface area contributed by atoms with E-state index < -0.39 is 41.1 Å². The molecular formula is C19H30O6. The molecule has 0 aliphatic heterocycles. The van der Waals surface area contributed by atoms with Gasteiger partial charge in [0.2, 0.25) is 0 Å². The predicted octanol–water partition coefficient (Wildman–Crippen LogP) is 2.13. The van der Waals surface area contributed by atoms with Crippen molar-refractivity contribution in [2.24, 2.45) is 22.7 Å². The molecule has 2 fully saturated rings. The summed E-state index contributed by atoms with van der Waals surface area (Å²) < 4.78 is 5.49. The van der Waals surface area contributed by atoms with Crippen LogP contribution in [0.1, 0.15) is 53.9 Å². The highest BCUT2D eigenvalue weighted by atomic mass is 16.6. The number of aliphatic carboxylic acids is 1. The second kappa shape index (κ2) is 6.40. The molecule has 6 heteroatoms. The van der Waals surface area contributed by atoms with E-state index in [0.29, 0.717) is 0 Å². The molecule has 0 unspecified atom stereocenters. The van der Waals surface area contributed by atoms with Crippen LogP contribution in [0.25, 0.3) is 0 Å². The second-order valence-corrected chi connectivity index (χ2v) is 8.75. The van der Waals surface area contributed by atoms with Crippen molar-refractivity contribution in [3.05, 3.63) is 12.2 Å². The first-order valence-corrected chi connectivity index (χ1v) is 8.83. The van der Waals surface area contributed by atoms with Crippen LogP contribution in [0.15, 0.2) is 12.2 Å². The number of ether oxygens (including phenoxy) is 1. The van der Waals surface area contributed by atoms with Crippen molar-refractivity contribution in [1.29, 1.82) is 0 Å². The molecule has 2 rings (SSSR count). The first kappa shape index (κ1) is 19.9. The predicted molar refractivity (Wildman–Crippen MR) is 91.7 cm³/mol. The van der Waals surface area contributed by atoms with Gasteiger partial charge in [0, 0.05) is 24.8 Å². The van der Waals surface area contributed by atoms with E-state index >= 15 is 0 Å². The van der Waals surface area contributed by atoms with Crippen molar-refractivity contribution in [2.45, 2.75) is 71.7 Å². The summed E-state index contributed by atoms with van der Waals surface area (Å²) in [6, 6.07) is 0. The first-order valence-electron chi connectivity index (χ1n) is 8.83. The van der Waals surface area contributed by atoms with Crippen LogP contribution in [0.2, 0.25) is 0 Å². The average Bonchev–Trinajstić information content (AvgIpc) is 2.42. The van der Waals surface area contributed by atoms with Crippen molar-refractivity contribution < 1.29 is 29.6 Å². The normalized spacial score (nSPS) is 43.5. The molecule has 0 amide bonds. The zero-order valence-corrected chi connectivity index (χ0v) is 15.7. The van der Waals surface area contributed by atoms with Crippen LogP contribution in [0, 0.1) is 22.7 Å². The van der Waals surface area contributed by atoms with Crippen LogP contribution in [0.5, 0.6) is 0 Å². The molecule has 0 saturated heterocycles. The molecule has 6 atom stereocenters. The third-order valence-corrected chi connectivity index (χ3v) is 6.40. The van der Waals surface area contributed by atoms with Crippen molar-refractivity contribution >= 4 is 11.9 Å². The summed E-state index contributed by atoms with van der Waals surface area (Å²) in [6.45, 7) is 8.96. The Morgan fingerprint density at radius 2 is 1.76 bits per heavy atom. The number of aliphatic hydroxyl groups excluding tert-OH is 1. The summed E-state index contributed by atoms with van der Waals surface area (Å²) in [5.41, 5.74) is -2.33. The fourth-order valence-corrected chi connectivity index (χ4v) is 5.58. The van der Waals surface area contributed by atoms with Crippen LogP contribution in [0.4, 0.5) is 0 Å². The third kappa shape index (κ3) is 3.34. The van der Waals surface area contributed by atoms with E-state index in [4.69, 9.17) is 9.84 Å². The molecule has 0 bridgehead atoms. The maximum absolute atomic E-state index is 11.6. The molecule has 0 aromatic carbocycles. The number of carbonyl (C=O) groups is 2.